The first kappa shape index (κ1) is 16.1. The van der Waals surface area contributed by atoms with E-state index in [-0.39, 0.29) is 23.2 Å². The minimum atomic E-state index is -0.438. The topological polar surface area (TPSA) is 63.1 Å². The van der Waals surface area contributed by atoms with Crippen molar-refractivity contribution in [3.05, 3.63) is 28.8 Å². The Labute approximate surface area is 130 Å². The molecule has 21 heavy (non-hydrogen) atoms. The zero-order valence-corrected chi connectivity index (χ0v) is 13.3. The van der Waals surface area contributed by atoms with Crippen molar-refractivity contribution in [3.8, 4) is 5.75 Å². The maximum Gasteiger partial charge on any atom is 0.310 e. The number of halogens is 1. The van der Waals surface area contributed by atoms with Gasteiger partial charge in [0.2, 0.25) is 0 Å². The van der Waals surface area contributed by atoms with Crippen LogP contribution in [0.4, 0.5) is 0 Å². The molecule has 0 saturated carbocycles. The van der Waals surface area contributed by atoms with Gasteiger partial charge < -0.3 is 15.2 Å². The van der Waals surface area contributed by atoms with Crippen molar-refractivity contribution >= 4 is 17.6 Å². The van der Waals surface area contributed by atoms with Crippen LogP contribution in [0.3, 0.4) is 0 Å². The molecular weight excluding hydrogens is 290 g/mol. The molecule has 0 atom stereocenters. The first-order valence-corrected chi connectivity index (χ1v) is 7.77. The van der Waals surface area contributed by atoms with E-state index in [1.807, 2.05) is 13.8 Å². The molecule has 0 aliphatic carbocycles. The van der Waals surface area contributed by atoms with Crippen molar-refractivity contribution < 1.29 is 20.0 Å². The highest BCUT2D eigenvalue weighted by Crippen LogP contribution is 2.29. The first-order valence-electron chi connectivity index (χ1n) is 7.39. The van der Waals surface area contributed by atoms with Crippen LogP contribution in [-0.4, -0.2) is 29.8 Å². The van der Waals surface area contributed by atoms with Crippen LogP contribution in [0.25, 0.3) is 0 Å². The molecule has 0 unspecified atom stereocenters. The lowest BCUT2D eigenvalue weighted by atomic mass is 9.83. The van der Waals surface area contributed by atoms with E-state index in [9.17, 15) is 9.90 Å². The molecular formula is C16H23ClNO3+. The minimum absolute atomic E-state index is 0.0209. The van der Waals surface area contributed by atoms with E-state index in [1.165, 1.54) is 6.07 Å². The summed E-state index contributed by atoms with van der Waals surface area (Å²) in [4.78, 5) is 12.1. The van der Waals surface area contributed by atoms with E-state index < -0.39 is 5.60 Å². The van der Waals surface area contributed by atoms with Crippen LogP contribution >= 0.6 is 11.6 Å². The van der Waals surface area contributed by atoms with Crippen molar-refractivity contribution in [2.75, 3.05) is 13.1 Å². The van der Waals surface area contributed by atoms with E-state index in [2.05, 4.69) is 5.32 Å². The van der Waals surface area contributed by atoms with E-state index in [0.29, 0.717) is 5.92 Å². The summed E-state index contributed by atoms with van der Waals surface area (Å²) in [7, 11) is 0. The molecule has 1 saturated heterocycles. The molecule has 0 aromatic heterocycles. The fourth-order valence-electron chi connectivity index (χ4n) is 2.86. The monoisotopic (exact) mass is 312 g/mol. The quantitative estimate of drug-likeness (QED) is 0.835. The number of ether oxygens (including phenoxy) is 1. The van der Waals surface area contributed by atoms with Gasteiger partial charge in [-0.2, -0.15) is 0 Å². The lowest BCUT2D eigenvalue weighted by molar-refractivity contribution is -0.665. The number of nitrogens with two attached hydrogens (primary N) is 1. The van der Waals surface area contributed by atoms with Crippen LogP contribution < -0.4 is 5.32 Å². The smallest absolute Gasteiger partial charge is 0.310 e. The number of benzene rings is 1. The Bertz CT molecular complexity index is 510. The molecule has 1 heterocycles. The third kappa shape index (κ3) is 4.35. The number of phenols is 1. The minimum Gasteiger partial charge on any atom is -0.506 e. The molecule has 0 amide bonds. The Hall–Kier alpha value is -1.26. The molecule has 5 heteroatoms. The second kappa shape index (κ2) is 6.67. The van der Waals surface area contributed by atoms with E-state index in [1.54, 1.807) is 12.1 Å². The van der Waals surface area contributed by atoms with Gasteiger partial charge in [0.05, 0.1) is 24.5 Å². The van der Waals surface area contributed by atoms with Gasteiger partial charge in [-0.1, -0.05) is 17.7 Å². The van der Waals surface area contributed by atoms with Crippen molar-refractivity contribution in [3.63, 3.8) is 0 Å². The average molecular weight is 313 g/mol. The molecule has 4 nitrogen and oxygen atoms in total. The number of carbonyl (C=O) groups is 1. The van der Waals surface area contributed by atoms with E-state index in [4.69, 9.17) is 16.3 Å². The molecule has 116 valence electrons. The number of piperidine rings is 1. The fourth-order valence-corrected chi connectivity index (χ4v) is 3.06. The highest BCUT2D eigenvalue weighted by Gasteiger charge is 2.35. The molecule has 1 aliphatic heterocycles. The third-order valence-electron chi connectivity index (χ3n) is 4.16. The number of hydrogen-bond donors (Lipinski definition) is 2. The molecule has 1 aliphatic rings. The number of quaternary nitrogens is 1. The van der Waals surface area contributed by atoms with Gasteiger partial charge in [-0.05, 0) is 31.5 Å². The summed E-state index contributed by atoms with van der Waals surface area (Å²) in [6.45, 7) is 6.17. The second-order valence-corrected chi connectivity index (χ2v) is 6.59. The Morgan fingerprint density at radius 1 is 1.43 bits per heavy atom. The standard InChI is InChI=1S/C16H22ClNO3/c1-16(2,12-5-7-18-8-6-12)21-15(20)10-11-3-4-14(19)13(17)9-11/h3-4,9,12,18-19H,5-8,10H2,1-2H3/p+1. The van der Waals surface area contributed by atoms with Gasteiger partial charge in [0.1, 0.15) is 11.4 Å². The first-order chi connectivity index (χ1) is 9.88. The summed E-state index contributed by atoms with van der Waals surface area (Å²) >= 11 is 5.85. The maximum absolute atomic E-state index is 12.1. The second-order valence-electron chi connectivity index (χ2n) is 6.18. The van der Waals surface area contributed by atoms with E-state index in [0.717, 1.165) is 31.5 Å². The summed E-state index contributed by atoms with van der Waals surface area (Å²) in [5.74, 6) is 0.179. The molecule has 2 rings (SSSR count). The predicted octanol–water partition coefficient (Wildman–Crippen LogP) is 1.88. The molecule has 1 fully saturated rings. The van der Waals surface area contributed by atoms with Crippen molar-refractivity contribution in [1.82, 2.24) is 0 Å². The Kier molecular flexibility index (Phi) is 5.12. The highest BCUT2D eigenvalue weighted by molar-refractivity contribution is 6.32. The van der Waals surface area contributed by atoms with Crippen LogP contribution in [0.5, 0.6) is 5.75 Å². The normalized spacial score (nSPS) is 16.7. The largest absolute Gasteiger partial charge is 0.506 e. The van der Waals surface area contributed by atoms with Gasteiger partial charge in [-0.3, -0.25) is 4.79 Å². The summed E-state index contributed by atoms with van der Waals surface area (Å²) < 4.78 is 5.69. The summed E-state index contributed by atoms with van der Waals surface area (Å²) in [6.07, 6.45) is 2.32. The molecule has 1 aromatic rings. The van der Waals surface area contributed by atoms with Gasteiger partial charge in [-0.15, -0.1) is 0 Å². The number of carbonyl (C=O) groups excluding carboxylic acids is 1. The molecule has 0 spiro atoms. The third-order valence-corrected chi connectivity index (χ3v) is 4.46. The summed E-state index contributed by atoms with van der Waals surface area (Å²) in [5.41, 5.74) is 0.307. The summed E-state index contributed by atoms with van der Waals surface area (Å²) in [6, 6.07) is 4.78. The van der Waals surface area contributed by atoms with E-state index >= 15 is 0 Å². The van der Waals surface area contributed by atoms with Crippen molar-refractivity contribution in [1.29, 1.82) is 0 Å². The molecule has 3 N–H and O–H groups in total. The number of rotatable bonds is 4. The predicted molar refractivity (Wildman–Crippen MR) is 81.4 cm³/mol. The molecule has 0 radical (unpaired) electrons. The van der Waals surface area contributed by atoms with Crippen molar-refractivity contribution in [2.24, 2.45) is 5.92 Å². The molecule has 1 aromatic carbocycles. The van der Waals surface area contributed by atoms with Crippen LogP contribution in [0, 0.1) is 5.92 Å². The van der Waals surface area contributed by atoms with Gasteiger partial charge in [0, 0.05) is 18.8 Å². The lowest BCUT2D eigenvalue weighted by Gasteiger charge is -2.35. The van der Waals surface area contributed by atoms with Crippen LogP contribution in [-0.2, 0) is 16.0 Å². The fraction of sp³-hybridized carbons (Fsp3) is 0.562. The zero-order chi connectivity index (χ0) is 15.5. The molecule has 0 bridgehead atoms. The highest BCUT2D eigenvalue weighted by atomic mass is 35.5. The van der Waals surface area contributed by atoms with Gasteiger partial charge >= 0.3 is 5.97 Å². The Morgan fingerprint density at radius 3 is 2.71 bits per heavy atom. The zero-order valence-electron chi connectivity index (χ0n) is 12.6. The Morgan fingerprint density at radius 2 is 2.10 bits per heavy atom. The van der Waals surface area contributed by atoms with Crippen LogP contribution in [0.2, 0.25) is 5.02 Å². The van der Waals surface area contributed by atoms with Gasteiger partial charge in [0.25, 0.3) is 0 Å². The lowest BCUT2D eigenvalue weighted by Crippen LogP contribution is -2.86. The number of esters is 1. The van der Waals surface area contributed by atoms with Crippen LogP contribution in [0.15, 0.2) is 18.2 Å². The van der Waals surface area contributed by atoms with Gasteiger partial charge in [0.15, 0.2) is 0 Å². The number of phenolic OH excluding ortho intramolecular Hbond substituents is 1. The van der Waals surface area contributed by atoms with Gasteiger partial charge in [-0.25, -0.2) is 0 Å². The SMILES string of the molecule is CC(C)(OC(=O)Cc1ccc(O)c(Cl)c1)C1CC[NH2+]CC1. The Balaban J connectivity index is 1.95. The number of aromatic hydroxyl groups is 1. The average Bonchev–Trinajstić information content (AvgIpc) is 2.43. The summed E-state index contributed by atoms with van der Waals surface area (Å²) in [5, 5.41) is 11.9. The van der Waals surface area contributed by atoms with Crippen molar-refractivity contribution in [2.45, 2.75) is 38.7 Å². The van der Waals surface area contributed by atoms with Crippen LogP contribution in [0.1, 0.15) is 32.3 Å². The maximum atomic E-state index is 12.1. The number of hydrogen-bond acceptors (Lipinski definition) is 3.